The number of imidazole rings is 1. The smallest absolute Gasteiger partial charge is 0.345 e. The normalized spacial score (nSPS) is 11.5. The average molecular weight is 608 g/mol. The third-order valence-corrected chi connectivity index (χ3v) is 6.97. The fourth-order valence-corrected chi connectivity index (χ4v) is 4.65. The topological polar surface area (TPSA) is 53.3 Å². The van der Waals surface area contributed by atoms with Crippen LogP contribution in [0.25, 0.3) is 22.9 Å². The second-order valence-corrected chi connectivity index (χ2v) is 10.0. The number of esters is 1. The standard InChI is InChI=1S/C30H21BrCl2N2O3/c31-20-13-15-21(16-14-20)37-18-17-35-27-12-6-5-11-26(27)34-29(35)19-28(22-7-1-3-9-24(22)32)38-30(36)23-8-2-4-10-25(23)33/h1-16,19H,17-18H2/b28-19+. The Morgan fingerprint density at radius 3 is 2.18 bits per heavy atom. The quantitative estimate of drug-likeness (QED) is 0.131. The van der Waals surface area contributed by atoms with Crippen LogP contribution in [-0.4, -0.2) is 22.1 Å². The fraction of sp³-hybridized carbons (Fsp3) is 0.0667. The molecule has 0 spiro atoms. The number of nitrogens with zero attached hydrogens (tertiary/aromatic N) is 2. The lowest BCUT2D eigenvalue weighted by molar-refractivity contribution is 0.0694. The van der Waals surface area contributed by atoms with Crippen molar-refractivity contribution in [2.24, 2.45) is 0 Å². The van der Waals surface area contributed by atoms with Crippen molar-refractivity contribution in [3.05, 3.63) is 129 Å². The molecule has 190 valence electrons. The Morgan fingerprint density at radius 2 is 1.47 bits per heavy atom. The van der Waals surface area contributed by atoms with Gasteiger partial charge in [-0.1, -0.05) is 75.5 Å². The van der Waals surface area contributed by atoms with E-state index >= 15 is 0 Å². The highest BCUT2D eigenvalue weighted by Gasteiger charge is 2.19. The molecular weight excluding hydrogens is 587 g/mol. The van der Waals surface area contributed by atoms with Gasteiger partial charge in [0.1, 0.15) is 23.9 Å². The van der Waals surface area contributed by atoms with E-state index in [1.165, 1.54) is 0 Å². The van der Waals surface area contributed by atoms with E-state index in [-0.39, 0.29) is 11.3 Å². The summed E-state index contributed by atoms with van der Waals surface area (Å²) in [6.07, 6.45) is 1.72. The molecule has 0 aliphatic rings. The fourth-order valence-electron chi connectivity index (χ4n) is 3.95. The van der Waals surface area contributed by atoms with Gasteiger partial charge < -0.3 is 14.0 Å². The molecule has 0 radical (unpaired) electrons. The highest BCUT2D eigenvalue weighted by Crippen LogP contribution is 2.29. The lowest BCUT2D eigenvalue weighted by Crippen LogP contribution is -2.10. The SMILES string of the molecule is O=C(O/C(=C/c1nc2ccccc2n1CCOc1ccc(Br)cc1)c1ccccc1Cl)c1ccccc1Cl. The van der Waals surface area contributed by atoms with Crippen molar-refractivity contribution in [3.63, 3.8) is 0 Å². The first-order chi connectivity index (χ1) is 18.5. The van der Waals surface area contributed by atoms with Crippen molar-refractivity contribution < 1.29 is 14.3 Å². The molecule has 0 unspecified atom stereocenters. The van der Waals surface area contributed by atoms with E-state index in [0.717, 1.165) is 21.3 Å². The van der Waals surface area contributed by atoms with Crippen molar-refractivity contribution in [2.45, 2.75) is 6.54 Å². The summed E-state index contributed by atoms with van der Waals surface area (Å²) in [6, 6.07) is 29.4. The van der Waals surface area contributed by atoms with Gasteiger partial charge in [0.25, 0.3) is 0 Å². The number of hydrogen-bond donors (Lipinski definition) is 0. The Labute approximate surface area is 238 Å². The summed E-state index contributed by atoms with van der Waals surface area (Å²) in [6.45, 7) is 0.917. The number of aromatic nitrogens is 2. The summed E-state index contributed by atoms with van der Waals surface area (Å²) in [4.78, 5) is 17.9. The van der Waals surface area contributed by atoms with Crippen molar-refractivity contribution >= 4 is 68.0 Å². The summed E-state index contributed by atoms with van der Waals surface area (Å²) in [5, 5.41) is 0.736. The maximum Gasteiger partial charge on any atom is 0.345 e. The van der Waals surface area contributed by atoms with Gasteiger partial charge in [-0.25, -0.2) is 9.78 Å². The van der Waals surface area contributed by atoms with Crippen molar-refractivity contribution in [1.82, 2.24) is 9.55 Å². The highest BCUT2D eigenvalue weighted by atomic mass is 79.9. The third kappa shape index (κ3) is 5.94. The second kappa shape index (κ2) is 11.9. The molecule has 4 aromatic carbocycles. The lowest BCUT2D eigenvalue weighted by atomic mass is 10.1. The lowest BCUT2D eigenvalue weighted by Gasteiger charge is -2.13. The summed E-state index contributed by atoms with van der Waals surface area (Å²) < 4.78 is 14.9. The number of ether oxygens (including phenoxy) is 2. The zero-order valence-electron chi connectivity index (χ0n) is 20.0. The molecule has 0 bridgehead atoms. The van der Waals surface area contributed by atoms with Crippen LogP contribution >= 0.6 is 39.1 Å². The first kappa shape index (κ1) is 26.0. The third-order valence-electron chi connectivity index (χ3n) is 5.78. The van der Waals surface area contributed by atoms with Gasteiger partial charge in [-0.15, -0.1) is 0 Å². The molecule has 5 aromatic rings. The average Bonchev–Trinajstić information content (AvgIpc) is 3.27. The van der Waals surface area contributed by atoms with Gasteiger partial charge in [-0.05, 0) is 60.7 Å². The molecule has 1 heterocycles. The molecule has 1 aromatic heterocycles. The zero-order valence-corrected chi connectivity index (χ0v) is 23.1. The predicted octanol–water partition coefficient (Wildman–Crippen LogP) is 8.54. The van der Waals surface area contributed by atoms with E-state index < -0.39 is 5.97 Å². The van der Waals surface area contributed by atoms with Crippen LogP contribution in [-0.2, 0) is 11.3 Å². The molecular formula is C30H21BrCl2N2O3. The molecule has 0 fully saturated rings. The first-order valence-electron chi connectivity index (χ1n) is 11.8. The zero-order chi connectivity index (χ0) is 26.5. The minimum absolute atomic E-state index is 0.253. The first-order valence-corrected chi connectivity index (χ1v) is 13.3. The summed E-state index contributed by atoms with van der Waals surface area (Å²) >= 11 is 16.2. The van der Waals surface area contributed by atoms with Gasteiger partial charge in [0, 0.05) is 16.1 Å². The van der Waals surface area contributed by atoms with Crippen LogP contribution in [0, 0.1) is 0 Å². The number of benzene rings is 4. The van der Waals surface area contributed by atoms with Crippen LogP contribution in [0.4, 0.5) is 0 Å². The number of fused-ring (bicyclic) bond motifs is 1. The predicted molar refractivity (Wildman–Crippen MR) is 156 cm³/mol. The Bertz CT molecular complexity index is 1630. The van der Waals surface area contributed by atoms with E-state index in [2.05, 4.69) is 15.9 Å². The molecule has 0 aliphatic carbocycles. The molecule has 38 heavy (non-hydrogen) atoms. The molecule has 0 amide bonds. The second-order valence-electron chi connectivity index (χ2n) is 8.27. The molecule has 0 aliphatic heterocycles. The maximum absolute atomic E-state index is 13.1. The van der Waals surface area contributed by atoms with Crippen LogP contribution < -0.4 is 4.74 Å². The number of halogens is 3. The van der Waals surface area contributed by atoms with Gasteiger partial charge in [0.15, 0.2) is 0 Å². The number of rotatable bonds is 8. The van der Waals surface area contributed by atoms with Crippen LogP contribution in [0.1, 0.15) is 21.7 Å². The summed E-state index contributed by atoms with van der Waals surface area (Å²) in [5.41, 5.74) is 2.54. The van der Waals surface area contributed by atoms with E-state index in [1.54, 1.807) is 42.5 Å². The minimum atomic E-state index is -0.594. The number of carbonyl (C=O) groups excluding carboxylic acids is 1. The van der Waals surface area contributed by atoms with Gasteiger partial charge in [-0.3, -0.25) is 0 Å². The minimum Gasteiger partial charge on any atom is -0.492 e. The molecule has 0 saturated carbocycles. The van der Waals surface area contributed by atoms with Crippen LogP contribution in [0.5, 0.6) is 5.75 Å². The van der Waals surface area contributed by atoms with Crippen LogP contribution in [0.15, 0.2) is 102 Å². The van der Waals surface area contributed by atoms with E-state index in [1.807, 2.05) is 65.2 Å². The van der Waals surface area contributed by atoms with Gasteiger partial charge in [0.05, 0.1) is 33.2 Å². The van der Waals surface area contributed by atoms with E-state index in [9.17, 15) is 4.79 Å². The van der Waals surface area contributed by atoms with E-state index in [4.69, 9.17) is 37.7 Å². The molecule has 8 heteroatoms. The monoisotopic (exact) mass is 606 g/mol. The molecule has 5 rings (SSSR count). The van der Waals surface area contributed by atoms with Gasteiger partial charge >= 0.3 is 5.97 Å². The number of hydrogen-bond acceptors (Lipinski definition) is 4. The van der Waals surface area contributed by atoms with Crippen molar-refractivity contribution in [1.29, 1.82) is 0 Å². The Hall–Kier alpha value is -3.58. The summed E-state index contributed by atoms with van der Waals surface area (Å²) in [7, 11) is 0. The van der Waals surface area contributed by atoms with Crippen molar-refractivity contribution in [2.75, 3.05) is 6.61 Å². The largest absolute Gasteiger partial charge is 0.492 e. The highest BCUT2D eigenvalue weighted by molar-refractivity contribution is 9.10. The molecule has 0 atom stereocenters. The van der Waals surface area contributed by atoms with Crippen LogP contribution in [0.3, 0.4) is 0 Å². The van der Waals surface area contributed by atoms with Gasteiger partial charge in [0.2, 0.25) is 0 Å². The Balaban J connectivity index is 1.52. The van der Waals surface area contributed by atoms with Crippen molar-refractivity contribution in [3.8, 4) is 5.75 Å². The van der Waals surface area contributed by atoms with Crippen LogP contribution in [0.2, 0.25) is 10.0 Å². The number of para-hydroxylation sites is 2. The summed E-state index contributed by atoms with van der Waals surface area (Å²) in [5.74, 6) is 1.02. The molecule has 0 N–H and O–H groups in total. The van der Waals surface area contributed by atoms with E-state index in [0.29, 0.717) is 34.6 Å². The Morgan fingerprint density at radius 1 is 0.842 bits per heavy atom. The van der Waals surface area contributed by atoms with Gasteiger partial charge in [-0.2, -0.15) is 0 Å². The molecule has 5 nitrogen and oxygen atoms in total. The number of carbonyl (C=O) groups is 1. The Kier molecular flexibility index (Phi) is 8.13. The maximum atomic E-state index is 13.1. The molecule has 0 saturated heterocycles.